The summed E-state index contributed by atoms with van der Waals surface area (Å²) < 4.78 is 23.1. The molecule has 0 bridgehead atoms. The Hall–Kier alpha value is -0.870. The molecule has 0 aliphatic carbocycles. The first-order chi connectivity index (χ1) is 9.38. The number of benzene rings is 1. The van der Waals surface area contributed by atoms with Crippen LogP contribution in [0.25, 0.3) is 0 Å². The fraction of sp³-hybridized carbons (Fsp3) is 0.625. The SMILES string of the molecule is CCNC(CCCS(=O)(=O)CC)c1cc(C)cc(C)c1. The molecule has 1 atom stereocenters. The summed E-state index contributed by atoms with van der Waals surface area (Å²) in [6.07, 6.45) is 1.57. The van der Waals surface area contributed by atoms with Gasteiger partial charge in [0.05, 0.1) is 5.75 Å². The van der Waals surface area contributed by atoms with Crippen molar-refractivity contribution >= 4 is 9.84 Å². The van der Waals surface area contributed by atoms with Gasteiger partial charge in [-0.05, 0) is 38.8 Å². The Morgan fingerprint density at radius 1 is 1.10 bits per heavy atom. The third-order valence-electron chi connectivity index (χ3n) is 3.48. The Labute approximate surface area is 123 Å². The molecule has 0 aliphatic rings. The lowest BCUT2D eigenvalue weighted by molar-refractivity contribution is 0.506. The summed E-state index contributed by atoms with van der Waals surface area (Å²) in [5, 5.41) is 3.46. The zero-order valence-corrected chi connectivity index (χ0v) is 13.9. The number of hydrogen-bond acceptors (Lipinski definition) is 3. The normalized spacial score (nSPS) is 13.4. The summed E-state index contributed by atoms with van der Waals surface area (Å²) in [4.78, 5) is 0. The molecule has 0 radical (unpaired) electrons. The molecule has 0 fully saturated rings. The topological polar surface area (TPSA) is 46.2 Å². The van der Waals surface area contributed by atoms with Crippen LogP contribution in [0.5, 0.6) is 0 Å². The van der Waals surface area contributed by atoms with Crippen LogP contribution in [0.4, 0.5) is 0 Å². The lowest BCUT2D eigenvalue weighted by Crippen LogP contribution is -2.22. The summed E-state index contributed by atoms with van der Waals surface area (Å²) in [6, 6.07) is 6.78. The van der Waals surface area contributed by atoms with Crippen LogP contribution in [0.15, 0.2) is 18.2 Å². The van der Waals surface area contributed by atoms with Crippen molar-refractivity contribution in [3.63, 3.8) is 0 Å². The smallest absolute Gasteiger partial charge is 0.150 e. The molecule has 1 aromatic carbocycles. The van der Waals surface area contributed by atoms with E-state index in [2.05, 4.69) is 44.3 Å². The molecule has 0 aromatic heterocycles. The molecule has 1 N–H and O–H groups in total. The minimum Gasteiger partial charge on any atom is -0.310 e. The molecule has 4 heteroatoms. The second kappa shape index (κ2) is 7.79. The highest BCUT2D eigenvalue weighted by Gasteiger charge is 2.13. The minimum absolute atomic E-state index is 0.239. The first kappa shape index (κ1) is 17.2. The van der Waals surface area contributed by atoms with Crippen LogP contribution in [0, 0.1) is 13.8 Å². The summed E-state index contributed by atoms with van der Waals surface area (Å²) in [7, 11) is -2.86. The van der Waals surface area contributed by atoms with E-state index in [1.165, 1.54) is 16.7 Å². The van der Waals surface area contributed by atoms with Crippen LogP contribution in [0.1, 0.15) is 49.4 Å². The van der Waals surface area contributed by atoms with E-state index in [1.807, 2.05) is 0 Å². The zero-order valence-electron chi connectivity index (χ0n) is 13.1. The van der Waals surface area contributed by atoms with Gasteiger partial charge >= 0.3 is 0 Å². The zero-order chi connectivity index (χ0) is 15.2. The van der Waals surface area contributed by atoms with E-state index in [4.69, 9.17) is 0 Å². The van der Waals surface area contributed by atoms with E-state index in [0.717, 1.165) is 13.0 Å². The Morgan fingerprint density at radius 3 is 2.20 bits per heavy atom. The first-order valence-electron chi connectivity index (χ1n) is 7.40. The van der Waals surface area contributed by atoms with Gasteiger partial charge in [0.15, 0.2) is 0 Å². The molecule has 114 valence electrons. The molecule has 0 aliphatic heterocycles. The van der Waals surface area contributed by atoms with Crippen LogP contribution < -0.4 is 5.32 Å². The lowest BCUT2D eigenvalue weighted by atomic mass is 9.98. The standard InChI is InChI=1S/C16H27NO2S/c1-5-17-16(8-7-9-20(18,19)6-2)15-11-13(3)10-14(4)12-15/h10-12,16-17H,5-9H2,1-4H3. The van der Waals surface area contributed by atoms with Crippen molar-refractivity contribution in [2.75, 3.05) is 18.1 Å². The van der Waals surface area contributed by atoms with Crippen LogP contribution in [0.3, 0.4) is 0 Å². The fourth-order valence-electron chi connectivity index (χ4n) is 2.50. The third-order valence-corrected chi connectivity index (χ3v) is 5.28. The monoisotopic (exact) mass is 297 g/mol. The van der Waals surface area contributed by atoms with Crippen LogP contribution >= 0.6 is 0 Å². The lowest BCUT2D eigenvalue weighted by Gasteiger charge is -2.19. The van der Waals surface area contributed by atoms with Crippen molar-refractivity contribution < 1.29 is 8.42 Å². The maximum absolute atomic E-state index is 11.6. The highest BCUT2D eigenvalue weighted by atomic mass is 32.2. The molecule has 0 heterocycles. The molecule has 1 aromatic rings. The molecule has 0 spiro atoms. The number of hydrogen-bond donors (Lipinski definition) is 1. The molecule has 3 nitrogen and oxygen atoms in total. The average molecular weight is 297 g/mol. The van der Waals surface area contributed by atoms with Crippen LogP contribution in [-0.2, 0) is 9.84 Å². The van der Waals surface area contributed by atoms with Crippen molar-refractivity contribution in [2.24, 2.45) is 0 Å². The van der Waals surface area contributed by atoms with E-state index in [-0.39, 0.29) is 17.5 Å². The summed E-state index contributed by atoms with van der Waals surface area (Å²) in [6.45, 7) is 8.87. The molecule has 0 saturated heterocycles. The third kappa shape index (κ3) is 5.63. The Balaban J connectivity index is 2.73. The second-order valence-corrected chi connectivity index (χ2v) is 7.88. The van der Waals surface area contributed by atoms with E-state index in [9.17, 15) is 8.42 Å². The van der Waals surface area contributed by atoms with E-state index in [1.54, 1.807) is 6.92 Å². The highest BCUT2D eigenvalue weighted by molar-refractivity contribution is 7.91. The van der Waals surface area contributed by atoms with Gasteiger partial charge in [-0.25, -0.2) is 8.42 Å². The van der Waals surface area contributed by atoms with Gasteiger partial charge in [-0.2, -0.15) is 0 Å². The Morgan fingerprint density at radius 2 is 1.70 bits per heavy atom. The van der Waals surface area contributed by atoms with E-state index < -0.39 is 9.84 Å². The molecule has 0 amide bonds. The first-order valence-corrected chi connectivity index (χ1v) is 9.22. The highest BCUT2D eigenvalue weighted by Crippen LogP contribution is 2.21. The number of rotatable bonds is 8. The van der Waals surface area contributed by atoms with E-state index in [0.29, 0.717) is 6.42 Å². The maximum Gasteiger partial charge on any atom is 0.150 e. The predicted octanol–water partition coefficient (Wildman–Crippen LogP) is 3.17. The summed E-state index contributed by atoms with van der Waals surface area (Å²) in [5.74, 6) is 0.526. The van der Waals surface area contributed by atoms with Gasteiger partial charge in [0, 0.05) is 11.8 Å². The quantitative estimate of drug-likeness (QED) is 0.801. The number of aryl methyl sites for hydroxylation is 2. The van der Waals surface area contributed by atoms with Crippen molar-refractivity contribution in [1.29, 1.82) is 0 Å². The van der Waals surface area contributed by atoms with Gasteiger partial charge in [-0.3, -0.25) is 0 Å². The van der Waals surface area contributed by atoms with Crippen molar-refractivity contribution in [2.45, 2.75) is 46.6 Å². The van der Waals surface area contributed by atoms with Crippen LogP contribution in [-0.4, -0.2) is 26.5 Å². The summed E-state index contributed by atoms with van der Waals surface area (Å²) >= 11 is 0. The molecular formula is C16H27NO2S. The van der Waals surface area contributed by atoms with Gasteiger partial charge in [-0.15, -0.1) is 0 Å². The average Bonchev–Trinajstić information content (AvgIpc) is 2.36. The summed E-state index contributed by atoms with van der Waals surface area (Å²) in [5.41, 5.74) is 3.77. The van der Waals surface area contributed by atoms with Gasteiger partial charge < -0.3 is 5.32 Å². The fourth-order valence-corrected chi connectivity index (χ4v) is 3.39. The Bertz CT molecular complexity index is 503. The molecule has 1 unspecified atom stereocenters. The Kier molecular flexibility index (Phi) is 6.69. The van der Waals surface area contributed by atoms with Crippen molar-refractivity contribution in [3.05, 3.63) is 34.9 Å². The number of nitrogens with one attached hydrogen (secondary N) is 1. The number of sulfone groups is 1. The molecule has 20 heavy (non-hydrogen) atoms. The molecule has 1 rings (SSSR count). The van der Waals surface area contributed by atoms with Gasteiger partial charge in [0.2, 0.25) is 0 Å². The molecule has 0 saturated carbocycles. The van der Waals surface area contributed by atoms with Gasteiger partial charge in [0.1, 0.15) is 9.84 Å². The minimum atomic E-state index is -2.86. The molecular weight excluding hydrogens is 270 g/mol. The largest absolute Gasteiger partial charge is 0.310 e. The maximum atomic E-state index is 11.6. The van der Waals surface area contributed by atoms with E-state index >= 15 is 0 Å². The van der Waals surface area contributed by atoms with Crippen LogP contribution in [0.2, 0.25) is 0 Å². The second-order valence-electron chi connectivity index (χ2n) is 5.41. The predicted molar refractivity (Wildman–Crippen MR) is 85.9 cm³/mol. The van der Waals surface area contributed by atoms with Gasteiger partial charge in [0.25, 0.3) is 0 Å². The van der Waals surface area contributed by atoms with Crippen molar-refractivity contribution in [3.8, 4) is 0 Å². The van der Waals surface area contributed by atoms with Crippen molar-refractivity contribution in [1.82, 2.24) is 5.32 Å². The van der Waals surface area contributed by atoms with Gasteiger partial charge in [-0.1, -0.05) is 43.2 Å².